The fourth-order valence-electron chi connectivity index (χ4n) is 0.719. The quantitative estimate of drug-likeness (QED) is 0.656. The lowest BCUT2D eigenvalue weighted by Gasteiger charge is -2.04. The highest BCUT2D eigenvalue weighted by Gasteiger charge is 2.03. The summed E-state index contributed by atoms with van der Waals surface area (Å²) in [5, 5.41) is 0.293. The largest absolute Gasteiger partial charge is 0.481 e. The second kappa shape index (κ2) is 2.96. The summed E-state index contributed by atoms with van der Waals surface area (Å²) < 4.78 is 4.88. The Morgan fingerprint density at radius 3 is 2.73 bits per heavy atom. The van der Waals surface area contributed by atoms with E-state index in [1.165, 1.54) is 7.11 Å². The highest BCUT2D eigenvalue weighted by Crippen LogP contribution is 2.23. The molecular weight excluding hydrogens is 164 g/mol. The molecule has 0 saturated carbocycles. The predicted molar refractivity (Wildman–Crippen MR) is 44.9 cm³/mol. The van der Waals surface area contributed by atoms with Crippen LogP contribution in [0.15, 0.2) is 6.07 Å². The predicted octanol–water partition coefficient (Wildman–Crippen LogP) is 1.63. The second-order valence-electron chi connectivity index (χ2n) is 2.19. The standard InChI is InChI=1S/C7H9ClN2O/c1-4-3-5(11-2)10-7(8)6(4)9/h3H,9H2,1-2H3. The lowest BCUT2D eigenvalue weighted by molar-refractivity contribution is 0.398. The molecule has 0 aliphatic carbocycles. The van der Waals surface area contributed by atoms with Crippen LogP contribution in [0.2, 0.25) is 5.15 Å². The summed E-state index contributed by atoms with van der Waals surface area (Å²) in [5.74, 6) is 0.488. The van der Waals surface area contributed by atoms with Gasteiger partial charge < -0.3 is 10.5 Å². The third-order valence-corrected chi connectivity index (χ3v) is 1.69. The van der Waals surface area contributed by atoms with Gasteiger partial charge in [0, 0.05) is 6.07 Å². The minimum atomic E-state index is 0.293. The number of nitrogens with zero attached hydrogens (tertiary/aromatic N) is 1. The molecule has 3 nitrogen and oxygen atoms in total. The molecule has 60 valence electrons. The summed E-state index contributed by atoms with van der Waals surface area (Å²) in [6, 6.07) is 1.74. The average Bonchev–Trinajstić information content (AvgIpc) is 1.99. The number of hydrogen-bond donors (Lipinski definition) is 1. The number of nitrogens with two attached hydrogens (primary N) is 1. The van der Waals surface area contributed by atoms with Crippen LogP contribution < -0.4 is 10.5 Å². The van der Waals surface area contributed by atoms with E-state index in [2.05, 4.69) is 4.98 Å². The molecule has 2 N–H and O–H groups in total. The molecule has 4 heteroatoms. The van der Waals surface area contributed by atoms with E-state index < -0.39 is 0 Å². The normalized spacial score (nSPS) is 9.73. The molecule has 0 aliphatic rings. The lowest BCUT2D eigenvalue weighted by Crippen LogP contribution is -1.95. The highest BCUT2D eigenvalue weighted by atomic mass is 35.5. The van der Waals surface area contributed by atoms with E-state index in [1.807, 2.05) is 6.92 Å². The molecule has 0 aromatic carbocycles. The van der Waals surface area contributed by atoms with Crippen molar-refractivity contribution in [2.45, 2.75) is 6.92 Å². The van der Waals surface area contributed by atoms with Gasteiger partial charge in [-0.1, -0.05) is 11.6 Å². The topological polar surface area (TPSA) is 48.1 Å². The number of ether oxygens (including phenoxy) is 1. The smallest absolute Gasteiger partial charge is 0.214 e. The van der Waals surface area contributed by atoms with Crippen molar-refractivity contribution in [2.75, 3.05) is 12.8 Å². The van der Waals surface area contributed by atoms with E-state index in [0.717, 1.165) is 5.56 Å². The van der Waals surface area contributed by atoms with Gasteiger partial charge in [-0.3, -0.25) is 0 Å². The lowest BCUT2D eigenvalue weighted by atomic mass is 10.2. The van der Waals surface area contributed by atoms with Crippen molar-refractivity contribution in [2.24, 2.45) is 0 Å². The van der Waals surface area contributed by atoms with Crippen molar-refractivity contribution in [3.8, 4) is 5.88 Å². The maximum atomic E-state index is 5.68. The first-order valence-corrected chi connectivity index (χ1v) is 3.49. The van der Waals surface area contributed by atoms with Crippen LogP contribution in [0.4, 0.5) is 5.69 Å². The molecule has 0 radical (unpaired) electrons. The first kappa shape index (κ1) is 8.14. The van der Waals surface area contributed by atoms with Crippen LogP contribution in [-0.2, 0) is 0 Å². The van der Waals surface area contributed by atoms with E-state index in [9.17, 15) is 0 Å². The monoisotopic (exact) mass is 172 g/mol. The van der Waals surface area contributed by atoms with Gasteiger partial charge in [0.25, 0.3) is 0 Å². The van der Waals surface area contributed by atoms with Gasteiger partial charge in [0.05, 0.1) is 12.8 Å². The molecule has 0 saturated heterocycles. The third kappa shape index (κ3) is 1.54. The van der Waals surface area contributed by atoms with Gasteiger partial charge in [0.1, 0.15) is 0 Å². The van der Waals surface area contributed by atoms with Crippen LogP contribution in [0, 0.1) is 6.92 Å². The maximum Gasteiger partial charge on any atom is 0.214 e. The van der Waals surface area contributed by atoms with Crippen LogP contribution in [0.25, 0.3) is 0 Å². The molecule has 0 aliphatic heterocycles. The number of halogens is 1. The van der Waals surface area contributed by atoms with Gasteiger partial charge in [-0.15, -0.1) is 0 Å². The Morgan fingerprint density at radius 1 is 1.64 bits per heavy atom. The molecule has 0 atom stereocenters. The van der Waals surface area contributed by atoms with Crippen molar-refractivity contribution in [3.05, 3.63) is 16.8 Å². The average molecular weight is 173 g/mol. The van der Waals surface area contributed by atoms with Crippen LogP contribution in [-0.4, -0.2) is 12.1 Å². The second-order valence-corrected chi connectivity index (χ2v) is 2.54. The highest BCUT2D eigenvalue weighted by molar-refractivity contribution is 6.32. The minimum absolute atomic E-state index is 0.293. The van der Waals surface area contributed by atoms with Crippen molar-refractivity contribution in [1.29, 1.82) is 0 Å². The van der Waals surface area contributed by atoms with Crippen LogP contribution in [0.5, 0.6) is 5.88 Å². The van der Waals surface area contributed by atoms with Gasteiger partial charge in [-0.05, 0) is 12.5 Å². The van der Waals surface area contributed by atoms with Crippen LogP contribution in [0.1, 0.15) is 5.56 Å². The summed E-state index contributed by atoms with van der Waals surface area (Å²) in [5.41, 5.74) is 6.94. The fourth-order valence-corrected chi connectivity index (χ4v) is 0.952. The van der Waals surface area contributed by atoms with Gasteiger partial charge in [0.15, 0.2) is 5.15 Å². The molecule has 1 heterocycles. The molecule has 0 bridgehead atoms. The van der Waals surface area contributed by atoms with Crippen LogP contribution >= 0.6 is 11.6 Å². The Balaban J connectivity index is 3.21. The SMILES string of the molecule is COc1cc(C)c(N)c(Cl)n1. The fraction of sp³-hybridized carbons (Fsp3) is 0.286. The van der Waals surface area contributed by atoms with Gasteiger partial charge in [-0.25, -0.2) is 0 Å². The third-order valence-electron chi connectivity index (χ3n) is 1.40. The molecule has 1 rings (SSSR count). The number of hydrogen-bond acceptors (Lipinski definition) is 3. The molecule has 0 unspecified atom stereocenters. The first-order valence-electron chi connectivity index (χ1n) is 3.11. The van der Waals surface area contributed by atoms with Crippen molar-refractivity contribution >= 4 is 17.3 Å². The maximum absolute atomic E-state index is 5.68. The molecule has 1 aromatic heterocycles. The molecular formula is C7H9ClN2O. The molecule has 0 spiro atoms. The number of aromatic nitrogens is 1. The van der Waals surface area contributed by atoms with Gasteiger partial charge in [0.2, 0.25) is 5.88 Å². The molecule has 11 heavy (non-hydrogen) atoms. The molecule has 1 aromatic rings. The molecule has 0 fully saturated rings. The summed E-state index contributed by atoms with van der Waals surface area (Å²) in [4.78, 5) is 3.87. The van der Waals surface area contributed by atoms with Crippen LogP contribution in [0.3, 0.4) is 0 Å². The van der Waals surface area contributed by atoms with E-state index in [-0.39, 0.29) is 0 Å². The summed E-state index contributed by atoms with van der Waals surface area (Å²) in [6.07, 6.45) is 0. The van der Waals surface area contributed by atoms with E-state index >= 15 is 0 Å². The minimum Gasteiger partial charge on any atom is -0.481 e. The van der Waals surface area contributed by atoms with Gasteiger partial charge in [-0.2, -0.15) is 4.98 Å². The van der Waals surface area contributed by atoms with Crippen molar-refractivity contribution in [1.82, 2.24) is 4.98 Å². The number of rotatable bonds is 1. The zero-order valence-corrected chi connectivity index (χ0v) is 7.14. The van der Waals surface area contributed by atoms with E-state index in [4.69, 9.17) is 22.1 Å². The summed E-state index contributed by atoms with van der Waals surface area (Å²) in [6.45, 7) is 1.85. The van der Waals surface area contributed by atoms with Gasteiger partial charge >= 0.3 is 0 Å². The Kier molecular flexibility index (Phi) is 2.19. The zero-order chi connectivity index (χ0) is 8.43. The van der Waals surface area contributed by atoms with Crippen molar-refractivity contribution in [3.63, 3.8) is 0 Å². The van der Waals surface area contributed by atoms with E-state index in [1.54, 1.807) is 6.07 Å². The van der Waals surface area contributed by atoms with Crippen molar-refractivity contribution < 1.29 is 4.74 Å². The molecule has 0 amide bonds. The number of methoxy groups -OCH3 is 1. The Labute approximate surface area is 70.1 Å². The Bertz CT molecular complexity index is 252. The Morgan fingerprint density at radius 2 is 2.27 bits per heavy atom. The van der Waals surface area contributed by atoms with E-state index in [0.29, 0.717) is 16.7 Å². The summed E-state index contributed by atoms with van der Waals surface area (Å²) >= 11 is 5.68. The number of nitrogen functional groups attached to an aromatic ring is 1. The number of aryl methyl sites for hydroxylation is 1. The Hall–Kier alpha value is -0.960. The zero-order valence-electron chi connectivity index (χ0n) is 6.39. The number of pyridine rings is 1. The summed E-state index contributed by atoms with van der Waals surface area (Å²) in [7, 11) is 1.54. The number of anilines is 1. The first-order chi connectivity index (χ1) is 5.15.